The van der Waals surface area contributed by atoms with Gasteiger partial charge in [0, 0.05) is 10.8 Å². The molecule has 1 aromatic heterocycles. The van der Waals surface area contributed by atoms with E-state index in [1.807, 2.05) is 24.3 Å². The number of benzene rings is 1. The minimum absolute atomic E-state index is 0.0374. The van der Waals surface area contributed by atoms with Gasteiger partial charge in [-0.2, -0.15) is 0 Å². The van der Waals surface area contributed by atoms with Crippen molar-refractivity contribution in [3.8, 4) is 0 Å². The number of rotatable bonds is 4. The second-order valence-electron chi connectivity index (χ2n) is 5.35. The van der Waals surface area contributed by atoms with Gasteiger partial charge in [0.2, 0.25) is 5.91 Å². The number of carbonyl (C=O) groups is 1. The highest BCUT2D eigenvalue weighted by Gasteiger charge is 2.23. The molecule has 1 aliphatic rings. The fraction of sp³-hybridized carbons (Fsp3) is 0.278. The fourth-order valence-corrected chi connectivity index (χ4v) is 3.51. The van der Waals surface area contributed by atoms with Crippen LogP contribution in [0.5, 0.6) is 0 Å². The summed E-state index contributed by atoms with van der Waals surface area (Å²) in [6.07, 6.45) is 7.10. The molecule has 1 aliphatic carbocycles. The molecule has 0 spiro atoms. The number of hydrogen-bond donors (Lipinski definition) is 1. The number of nitrogens with one attached hydrogen (secondary N) is 1. The van der Waals surface area contributed by atoms with Crippen LogP contribution in [0.15, 0.2) is 60.0 Å². The Morgan fingerprint density at radius 1 is 1.14 bits per heavy atom. The summed E-state index contributed by atoms with van der Waals surface area (Å²) in [5.41, 5.74) is 1.14. The van der Waals surface area contributed by atoms with Crippen LogP contribution in [0.2, 0.25) is 0 Å². The first-order valence-electron chi connectivity index (χ1n) is 7.38. The maximum Gasteiger partial charge on any atom is 0.224 e. The van der Waals surface area contributed by atoms with Gasteiger partial charge in [0.1, 0.15) is 0 Å². The third kappa shape index (κ3) is 3.42. The number of thiophene rings is 1. The summed E-state index contributed by atoms with van der Waals surface area (Å²) in [5.74, 6) is 0.280. The molecule has 108 valence electrons. The van der Waals surface area contributed by atoms with Crippen molar-refractivity contribution in [3.05, 3.63) is 70.4 Å². The molecule has 0 radical (unpaired) electrons. The van der Waals surface area contributed by atoms with Gasteiger partial charge < -0.3 is 5.32 Å². The molecule has 0 unspecified atom stereocenters. The van der Waals surface area contributed by atoms with Gasteiger partial charge in [-0.05, 0) is 36.3 Å². The van der Waals surface area contributed by atoms with Crippen LogP contribution in [0, 0.1) is 5.92 Å². The Morgan fingerprint density at radius 2 is 2.00 bits per heavy atom. The van der Waals surface area contributed by atoms with Crippen LogP contribution in [0.3, 0.4) is 0 Å². The molecule has 2 nitrogen and oxygen atoms in total. The molecule has 1 N–H and O–H groups in total. The Hall–Kier alpha value is -1.87. The van der Waals surface area contributed by atoms with E-state index in [1.165, 1.54) is 4.88 Å². The molecule has 0 saturated heterocycles. The second-order valence-corrected chi connectivity index (χ2v) is 6.33. The average Bonchev–Trinajstić information content (AvgIpc) is 3.08. The zero-order chi connectivity index (χ0) is 14.5. The molecule has 2 aromatic rings. The van der Waals surface area contributed by atoms with Crippen LogP contribution in [-0.4, -0.2) is 5.91 Å². The van der Waals surface area contributed by atoms with Crippen molar-refractivity contribution in [3.63, 3.8) is 0 Å². The van der Waals surface area contributed by atoms with Gasteiger partial charge in [-0.3, -0.25) is 4.79 Å². The Balaban J connectivity index is 1.80. The lowest BCUT2D eigenvalue weighted by molar-refractivity contribution is -0.125. The van der Waals surface area contributed by atoms with Crippen molar-refractivity contribution in [2.24, 2.45) is 5.92 Å². The van der Waals surface area contributed by atoms with Gasteiger partial charge in [-0.15, -0.1) is 11.3 Å². The summed E-state index contributed by atoms with van der Waals surface area (Å²) in [6, 6.07) is 14.3. The second kappa shape index (κ2) is 6.72. The molecular formula is C18H19NOS. The molecule has 1 aromatic carbocycles. The lowest BCUT2D eigenvalue weighted by Gasteiger charge is -2.23. The van der Waals surface area contributed by atoms with Crippen LogP contribution in [-0.2, 0) is 4.79 Å². The minimum Gasteiger partial charge on any atom is -0.344 e. The third-order valence-corrected chi connectivity index (χ3v) is 4.82. The lowest BCUT2D eigenvalue weighted by Crippen LogP contribution is -2.34. The van der Waals surface area contributed by atoms with Gasteiger partial charge >= 0.3 is 0 Å². The predicted octanol–water partition coefficient (Wildman–Crippen LogP) is 4.31. The number of carbonyl (C=O) groups excluding carboxylic acids is 1. The maximum absolute atomic E-state index is 12.5. The van der Waals surface area contributed by atoms with Crippen LogP contribution < -0.4 is 5.32 Å². The van der Waals surface area contributed by atoms with Crippen LogP contribution in [0.4, 0.5) is 0 Å². The standard InChI is InChI=1S/C18H19NOS/c20-18(15-10-5-2-6-11-15)19-17(16-12-7-13-21-16)14-8-3-1-4-9-14/h1-5,7-9,12-13,15,17H,6,10-11H2,(H,19,20)/t15-,17+/m0/s1. The minimum atomic E-state index is -0.0374. The summed E-state index contributed by atoms with van der Waals surface area (Å²) in [7, 11) is 0. The number of hydrogen-bond acceptors (Lipinski definition) is 2. The van der Waals surface area contributed by atoms with Gasteiger partial charge in [-0.25, -0.2) is 0 Å². The zero-order valence-corrected chi connectivity index (χ0v) is 12.7. The van der Waals surface area contributed by atoms with E-state index in [2.05, 4.69) is 41.0 Å². The van der Waals surface area contributed by atoms with Crippen molar-refractivity contribution >= 4 is 17.2 Å². The van der Waals surface area contributed by atoms with Crippen molar-refractivity contribution < 1.29 is 4.79 Å². The van der Waals surface area contributed by atoms with Crippen molar-refractivity contribution in [2.75, 3.05) is 0 Å². The highest BCUT2D eigenvalue weighted by atomic mass is 32.1. The predicted molar refractivity (Wildman–Crippen MR) is 87.2 cm³/mol. The Bertz CT molecular complexity index is 603. The number of amides is 1. The van der Waals surface area contributed by atoms with Crippen LogP contribution in [0.1, 0.15) is 35.7 Å². The Kier molecular flexibility index (Phi) is 4.51. The lowest BCUT2D eigenvalue weighted by atomic mass is 9.93. The molecule has 21 heavy (non-hydrogen) atoms. The summed E-state index contributed by atoms with van der Waals surface area (Å²) in [4.78, 5) is 13.7. The summed E-state index contributed by atoms with van der Waals surface area (Å²) >= 11 is 1.69. The Morgan fingerprint density at radius 3 is 2.67 bits per heavy atom. The first kappa shape index (κ1) is 14.1. The molecule has 1 amide bonds. The topological polar surface area (TPSA) is 29.1 Å². The fourth-order valence-electron chi connectivity index (χ4n) is 2.71. The average molecular weight is 297 g/mol. The largest absolute Gasteiger partial charge is 0.344 e. The van der Waals surface area contributed by atoms with E-state index in [9.17, 15) is 4.79 Å². The van der Waals surface area contributed by atoms with E-state index in [4.69, 9.17) is 0 Å². The zero-order valence-electron chi connectivity index (χ0n) is 11.9. The van der Waals surface area contributed by atoms with Gasteiger partial charge in [0.05, 0.1) is 6.04 Å². The van der Waals surface area contributed by atoms with Crippen molar-refractivity contribution in [1.29, 1.82) is 0 Å². The van der Waals surface area contributed by atoms with E-state index in [0.29, 0.717) is 0 Å². The molecule has 2 atom stereocenters. The molecular weight excluding hydrogens is 278 g/mol. The number of allylic oxidation sites excluding steroid dienone is 2. The van der Waals surface area contributed by atoms with Crippen molar-refractivity contribution in [1.82, 2.24) is 5.32 Å². The molecule has 0 aliphatic heterocycles. The van der Waals surface area contributed by atoms with Gasteiger partial charge in [-0.1, -0.05) is 48.6 Å². The monoisotopic (exact) mass is 297 g/mol. The highest BCUT2D eigenvalue weighted by molar-refractivity contribution is 7.10. The first-order valence-corrected chi connectivity index (χ1v) is 8.26. The highest BCUT2D eigenvalue weighted by Crippen LogP contribution is 2.27. The van der Waals surface area contributed by atoms with Crippen LogP contribution in [0.25, 0.3) is 0 Å². The summed E-state index contributed by atoms with van der Waals surface area (Å²) in [5, 5.41) is 5.30. The quantitative estimate of drug-likeness (QED) is 0.837. The molecule has 0 bridgehead atoms. The Labute approximate surface area is 129 Å². The normalized spacial score (nSPS) is 19.1. The molecule has 0 saturated carbocycles. The summed E-state index contributed by atoms with van der Waals surface area (Å²) < 4.78 is 0. The molecule has 3 heteroatoms. The molecule has 0 fully saturated rings. The van der Waals surface area contributed by atoms with Gasteiger partial charge in [0.25, 0.3) is 0 Å². The smallest absolute Gasteiger partial charge is 0.224 e. The van der Waals surface area contributed by atoms with Gasteiger partial charge in [0.15, 0.2) is 0 Å². The van der Waals surface area contributed by atoms with Crippen molar-refractivity contribution in [2.45, 2.75) is 25.3 Å². The van der Waals surface area contributed by atoms with E-state index in [-0.39, 0.29) is 17.9 Å². The van der Waals surface area contributed by atoms with E-state index >= 15 is 0 Å². The molecule has 3 rings (SSSR count). The van der Waals surface area contributed by atoms with E-state index < -0.39 is 0 Å². The van der Waals surface area contributed by atoms with E-state index in [1.54, 1.807) is 11.3 Å². The maximum atomic E-state index is 12.5. The first-order chi connectivity index (χ1) is 10.3. The third-order valence-electron chi connectivity index (χ3n) is 3.89. The van der Waals surface area contributed by atoms with Crippen LogP contribution >= 0.6 is 11.3 Å². The molecule has 1 heterocycles. The van der Waals surface area contributed by atoms with E-state index in [0.717, 1.165) is 24.8 Å². The summed E-state index contributed by atoms with van der Waals surface area (Å²) in [6.45, 7) is 0. The SMILES string of the molecule is O=C(N[C@H](c1ccccc1)c1cccs1)[C@H]1CC=CCC1.